The molecule has 0 aromatic carbocycles. The summed E-state index contributed by atoms with van der Waals surface area (Å²) in [5.41, 5.74) is 0. The van der Waals surface area contributed by atoms with Gasteiger partial charge in [-0.05, 0) is 5.92 Å². The standard InChI is InChI=1S/C7H13NO3S/c1-6-3-8(4-6)7(9)5-12(2,10)11/h6H,3-5H2,1-2H3. The van der Waals surface area contributed by atoms with Gasteiger partial charge in [0.25, 0.3) is 0 Å². The van der Waals surface area contributed by atoms with Gasteiger partial charge in [-0.25, -0.2) is 8.42 Å². The van der Waals surface area contributed by atoms with Crippen LogP contribution in [0.5, 0.6) is 0 Å². The van der Waals surface area contributed by atoms with Crippen LogP contribution in [0.3, 0.4) is 0 Å². The van der Waals surface area contributed by atoms with Gasteiger partial charge in [-0.1, -0.05) is 6.92 Å². The van der Waals surface area contributed by atoms with E-state index in [1.54, 1.807) is 4.90 Å². The van der Waals surface area contributed by atoms with Crippen molar-refractivity contribution in [3.8, 4) is 0 Å². The minimum absolute atomic E-state index is 0.268. The van der Waals surface area contributed by atoms with E-state index in [1.165, 1.54) is 0 Å². The maximum absolute atomic E-state index is 11.1. The fourth-order valence-corrected chi connectivity index (χ4v) is 1.85. The first-order chi connectivity index (χ1) is 5.38. The molecule has 5 heteroatoms. The molecule has 1 saturated heterocycles. The average Bonchev–Trinajstić information content (AvgIpc) is 1.76. The fourth-order valence-electron chi connectivity index (χ4n) is 1.22. The highest BCUT2D eigenvalue weighted by Gasteiger charge is 2.28. The number of carbonyl (C=O) groups excluding carboxylic acids is 1. The average molecular weight is 191 g/mol. The SMILES string of the molecule is CC1CN(C(=O)CS(C)(=O)=O)C1. The number of likely N-dealkylation sites (tertiary alicyclic amines) is 1. The van der Waals surface area contributed by atoms with E-state index in [2.05, 4.69) is 0 Å². The second-order valence-electron chi connectivity index (χ2n) is 3.47. The van der Waals surface area contributed by atoms with E-state index < -0.39 is 9.84 Å². The summed E-state index contributed by atoms with van der Waals surface area (Å²) in [7, 11) is -3.15. The smallest absolute Gasteiger partial charge is 0.237 e. The van der Waals surface area contributed by atoms with Gasteiger partial charge in [0.1, 0.15) is 5.75 Å². The Morgan fingerprint density at radius 1 is 1.50 bits per heavy atom. The molecule has 0 N–H and O–H groups in total. The highest BCUT2D eigenvalue weighted by molar-refractivity contribution is 7.91. The largest absolute Gasteiger partial charge is 0.341 e. The summed E-state index contributed by atoms with van der Waals surface area (Å²) in [5, 5.41) is 0. The van der Waals surface area contributed by atoms with E-state index in [4.69, 9.17) is 0 Å². The number of hydrogen-bond donors (Lipinski definition) is 0. The van der Waals surface area contributed by atoms with Crippen LogP contribution in [0.15, 0.2) is 0 Å². The molecule has 0 spiro atoms. The zero-order valence-electron chi connectivity index (χ0n) is 7.28. The summed E-state index contributed by atoms with van der Waals surface area (Å²) in [5.74, 6) is -0.0937. The van der Waals surface area contributed by atoms with Crippen molar-refractivity contribution in [3.05, 3.63) is 0 Å². The van der Waals surface area contributed by atoms with Crippen LogP contribution >= 0.6 is 0 Å². The van der Waals surface area contributed by atoms with Crippen LogP contribution in [-0.2, 0) is 14.6 Å². The van der Waals surface area contributed by atoms with Gasteiger partial charge < -0.3 is 4.90 Å². The van der Waals surface area contributed by atoms with Crippen molar-refractivity contribution in [1.82, 2.24) is 4.90 Å². The molecule has 1 fully saturated rings. The Labute approximate surface area is 72.5 Å². The summed E-state index contributed by atoms with van der Waals surface area (Å²) < 4.78 is 21.4. The maximum Gasteiger partial charge on any atom is 0.237 e. The molecule has 0 saturated carbocycles. The summed E-state index contributed by atoms with van der Waals surface area (Å²) >= 11 is 0. The fraction of sp³-hybridized carbons (Fsp3) is 0.857. The van der Waals surface area contributed by atoms with Crippen LogP contribution in [0.2, 0.25) is 0 Å². The molecule has 1 amide bonds. The van der Waals surface area contributed by atoms with Gasteiger partial charge in [-0.3, -0.25) is 4.79 Å². The van der Waals surface area contributed by atoms with Gasteiger partial charge in [0.05, 0.1) is 0 Å². The molecule has 0 atom stereocenters. The van der Waals surface area contributed by atoms with Gasteiger partial charge in [-0.2, -0.15) is 0 Å². The van der Waals surface area contributed by atoms with Crippen LogP contribution in [0, 0.1) is 5.92 Å². The van der Waals surface area contributed by atoms with Gasteiger partial charge in [-0.15, -0.1) is 0 Å². The van der Waals surface area contributed by atoms with Crippen molar-refractivity contribution >= 4 is 15.7 Å². The topological polar surface area (TPSA) is 54.5 Å². The van der Waals surface area contributed by atoms with Crippen molar-refractivity contribution in [2.45, 2.75) is 6.92 Å². The van der Waals surface area contributed by atoms with Crippen molar-refractivity contribution in [2.75, 3.05) is 25.1 Å². The molecule has 12 heavy (non-hydrogen) atoms. The number of hydrogen-bond acceptors (Lipinski definition) is 3. The summed E-state index contributed by atoms with van der Waals surface area (Å²) in [6, 6.07) is 0. The minimum Gasteiger partial charge on any atom is -0.341 e. The summed E-state index contributed by atoms with van der Waals surface area (Å²) in [6.07, 6.45) is 1.08. The van der Waals surface area contributed by atoms with Crippen LogP contribution in [0.4, 0.5) is 0 Å². The van der Waals surface area contributed by atoms with E-state index in [-0.39, 0.29) is 11.7 Å². The van der Waals surface area contributed by atoms with Gasteiger partial charge >= 0.3 is 0 Å². The highest BCUT2D eigenvalue weighted by atomic mass is 32.2. The lowest BCUT2D eigenvalue weighted by molar-refractivity contribution is -0.134. The Morgan fingerprint density at radius 3 is 2.33 bits per heavy atom. The van der Waals surface area contributed by atoms with Crippen LogP contribution in [0.1, 0.15) is 6.92 Å². The molecule has 0 radical (unpaired) electrons. The summed E-state index contributed by atoms with van der Waals surface area (Å²) in [4.78, 5) is 12.7. The van der Waals surface area contributed by atoms with Gasteiger partial charge in [0, 0.05) is 19.3 Å². The third kappa shape index (κ3) is 2.48. The zero-order valence-corrected chi connectivity index (χ0v) is 8.10. The molecule has 1 aliphatic heterocycles. The molecule has 0 aliphatic carbocycles. The Morgan fingerprint density at radius 2 is 2.00 bits per heavy atom. The predicted molar refractivity (Wildman–Crippen MR) is 45.5 cm³/mol. The van der Waals surface area contributed by atoms with E-state index in [1.807, 2.05) is 6.92 Å². The third-order valence-electron chi connectivity index (χ3n) is 1.80. The summed E-state index contributed by atoms with van der Waals surface area (Å²) in [6.45, 7) is 3.44. The third-order valence-corrected chi connectivity index (χ3v) is 2.57. The lowest BCUT2D eigenvalue weighted by atomic mass is 10.0. The Balaban J connectivity index is 2.41. The monoisotopic (exact) mass is 191 g/mol. The molecule has 0 aromatic heterocycles. The van der Waals surface area contributed by atoms with Crippen LogP contribution in [-0.4, -0.2) is 44.3 Å². The quantitative estimate of drug-likeness (QED) is 0.592. The lowest BCUT2D eigenvalue weighted by Crippen LogP contribution is -2.50. The molecular formula is C7H13NO3S. The number of carbonyl (C=O) groups is 1. The predicted octanol–water partition coefficient (Wildman–Crippen LogP) is -0.491. The number of sulfone groups is 1. The second-order valence-corrected chi connectivity index (χ2v) is 5.61. The van der Waals surface area contributed by atoms with E-state index >= 15 is 0 Å². The number of amides is 1. The van der Waals surface area contributed by atoms with E-state index in [9.17, 15) is 13.2 Å². The Bertz CT molecular complexity index is 277. The second kappa shape index (κ2) is 3.05. The van der Waals surface area contributed by atoms with Crippen LogP contribution < -0.4 is 0 Å². The van der Waals surface area contributed by atoms with E-state index in [0.29, 0.717) is 19.0 Å². The maximum atomic E-state index is 11.1. The number of nitrogens with zero attached hydrogens (tertiary/aromatic N) is 1. The normalized spacial score (nSPS) is 19.0. The molecular weight excluding hydrogens is 178 g/mol. The lowest BCUT2D eigenvalue weighted by Gasteiger charge is -2.36. The van der Waals surface area contributed by atoms with Crippen molar-refractivity contribution in [2.24, 2.45) is 5.92 Å². The van der Waals surface area contributed by atoms with Gasteiger partial charge in [0.2, 0.25) is 5.91 Å². The van der Waals surface area contributed by atoms with Crippen molar-refractivity contribution < 1.29 is 13.2 Å². The Kier molecular flexibility index (Phi) is 2.41. The molecule has 0 bridgehead atoms. The molecule has 4 nitrogen and oxygen atoms in total. The minimum atomic E-state index is -3.15. The Hall–Kier alpha value is -0.580. The van der Waals surface area contributed by atoms with Crippen molar-refractivity contribution in [3.63, 3.8) is 0 Å². The number of rotatable bonds is 2. The molecule has 70 valence electrons. The molecule has 0 unspecified atom stereocenters. The van der Waals surface area contributed by atoms with Gasteiger partial charge in [0.15, 0.2) is 9.84 Å². The van der Waals surface area contributed by atoms with Crippen LogP contribution in [0.25, 0.3) is 0 Å². The van der Waals surface area contributed by atoms with Crippen molar-refractivity contribution in [1.29, 1.82) is 0 Å². The highest BCUT2D eigenvalue weighted by Crippen LogP contribution is 2.14. The molecule has 1 aliphatic rings. The first kappa shape index (κ1) is 9.51. The molecule has 0 aromatic rings. The first-order valence-corrected chi connectivity index (χ1v) is 5.90. The molecule has 1 rings (SSSR count). The first-order valence-electron chi connectivity index (χ1n) is 3.84. The molecule has 1 heterocycles. The van der Waals surface area contributed by atoms with E-state index in [0.717, 1.165) is 6.26 Å². The zero-order chi connectivity index (χ0) is 9.35.